The number of rotatable bonds is 6. The maximum Gasteiger partial charge on any atom is 0.248 e. The van der Waals surface area contributed by atoms with Crippen molar-refractivity contribution in [2.75, 3.05) is 31.8 Å². The Hall–Kier alpha value is -2.32. The number of nitrogens with two attached hydrogens (primary N) is 1. The van der Waals surface area contributed by atoms with Crippen molar-refractivity contribution in [1.29, 1.82) is 0 Å². The van der Waals surface area contributed by atoms with Crippen LogP contribution in [0.25, 0.3) is 0 Å². The Labute approximate surface area is 133 Å². The van der Waals surface area contributed by atoms with E-state index in [1.54, 1.807) is 25.2 Å². The molecule has 8 nitrogen and oxygen atoms in total. The molecule has 0 aromatic heterocycles. The highest BCUT2D eigenvalue weighted by molar-refractivity contribution is 5.94. The van der Waals surface area contributed by atoms with E-state index in [9.17, 15) is 9.59 Å². The van der Waals surface area contributed by atoms with Crippen LogP contribution in [0.3, 0.4) is 0 Å². The van der Waals surface area contributed by atoms with Gasteiger partial charge in [0.05, 0.1) is 37.4 Å². The van der Waals surface area contributed by atoms with Gasteiger partial charge in [-0.2, -0.15) is 0 Å². The number of nitrogens with one attached hydrogen (secondary N) is 1. The first-order chi connectivity index (χ1) is 11.0. The minimum atomic E-state index is -0.675. The number of ether oxygens (including phenoxy) is 1. The Balaban J connectivity index is 2.08. The third-order valence-corrected chi connectivity index (χ3v) is 3.83. The molecule has 0 aliphatic carbocycles. The van der Waals surface area contributed by atoms with Crippen LogP contribution >= 0.6 is 0 Å². The van der Waals surface area contributed by atoms with Gasteiger partial charge in [-0.3, -0.25) is 9.59 Å². The molecule has 1 aliphatic heterocycles. The number of hydrogen-bond donors (Lipinski definition) is 4. The van der Waals surface area contributed by atoms with Gasteiger partial charge in [-0.15, -0.1) is 0 Å². The Morgan fingerprint density at radius 3 is 2.74 bits per heavy atom. The molecule has 0 fully saturated rings. The first kappa shape index (κ1) is 17.0. The average molecular weight is 323 g/mol. The molecule has 1 aromatic carbocycles. The summed E-state index contributed by atoms with van der Waals surface area (Å²) < 4.78 is 5.63. The molecule has 1 atom stereocenters. The fraction of sp³-hybridized carbons (Fsp3) is 0.467. The number of aliphatic hydroxyl groups is 2. The van der Waals surface area contributed by atoms with E-state index in [4.69, 9.17) is 20.7 Å². The number of nitrogens with zero attached hydrogens (tertiary/aromatic N) is 1. The minimum Gasteiger partial charge on any atom is -0.489 e. The maximum atomic E-state index is 12.0. The monoisotopic (exact) mass is 323 g/mol. The molecule has 126 valence electrons. The summed E-state index contributed by atoms with van der Waals surface area (Å²) in [6, 6.07) is 3.99. The van der Waals surface area contributed by atoms with Crippen LogP contribution in [0.1, 0.15) is 16.8 Å². The molecular formula is C15H21N3O5. The standard InChI is InChI=1S/C15H21N3O5/c1-18-11(5-14(21)17-10(6-19)7-20)8-23-13-3-2-9(15(16)22)4-12(13)18/h2-4,10-11,19-20H,5-8H2,1H3,(H2,16,22)(H,17,21). The first-order valence-electron chi connectivity index (χ1n) is 7.26. The van der Waals surface area contributed by atoms with Crippen LogP contribution in [0.5, 0.6) is 5.75 Å². The van der Waals surface area contributed by atoms with Crippen LogP contribution in [0.15, 0.2) is 18.2 Å². The number of carbonyl (C=O) groups is 2. The van der Waals surface area contributed by atoms with Gasteiger partial charge in [0.1, 0.15) is 12.4 Å². The topological polar surface area (TPSA) is 125 Å². The first-order valence-corrected chi connectivity index (χ1v) is 7.26. The van der Waals surface area contributed by atoms with Crippen molar-refractivity contribution in [1.82, 2.24) is 5.32 Å². The van der Waals surface area contributed by atoms with Crippen molar-refractivity contribution < 1.29 is 24.5 Å². The van der Waals surface area contributed by atoms with Crippen LogP contribution in [0, 0.1) is 0 Å². The predicted molar refractivity (Wildman–Crippen MR) is 83.4 cm³/mol. The van der Waals surface area contributed by atoms with Crippen LogP contribution in [0.4, 0.5) is 5.69 Å². The van der Waals surface area contributed by atoms with Gasteiger partial charge in [0.15, 0.2) is 0 Å². The van der Waals surface area contributed by atoms with E-state index < -0.39 is 11.9 Å². The van der Waals surface area contributed by atoms with E-state index in [1.807, 2.05) is 4.90 Å². The lowest BCUT2D eigenvalue weighted by atomic mass is 10.1. The second-order valence-corrected chi connectivity index (χ2v) is 5.46. The summed E-state index contributed by atoms with van der Waals surface area (Å²) in [6.45, 7) is -0.343. The van der Waals surface area contributed by atoms with E-state index in [1.165, 1.54) is 0 Å². The van der Waals surface area contributed by atoms with Crippen molar-refractivity contribution in [2.45, 2.75) is 18.5 Å². The van der Waals surface area contributed by atoms with Gasteiger partial charge in [-0.05, 0) is 18.2 Å². The molecule has 0 saturated carbocycles. The molecule has 1 aliphatic rings. The van der Waals surface area contributed by atoms with Gasteiger partial charge in [-0.25, -0.2) is 0 Å². The molecular weight excluding hydrogens is 302 g/mol. The van der Waals surface area contributed by atoms with Crippen molar-refractivity contribution in [3.63, 3.8) is 0 Å². The SMILES string of the molecule is CN1c2cc(C(N)=O)ccc2OCC1CC(=O)NC(CO)CO. The Kier molecular flexibility index (Phi) is 5.41. The molecule has 0 bridgehead atoms. The zero-order valence-electron chi connectivity index (χ0n) is 12.9. The smallest absolute Gasteiger partial charge is 0.248 e. The molecule has 0 spiro atoms. The third-order valence-electron chi connectivity index (χ3n) is 3.83. The van der Waals surface area contributed by atoms with E-state index in [-0.39, 0.29) is 31.6 Å². The molecule has 1 unspecified atom stereocenters. The summed E-state index contributed by atoms with van der Waals surface area (Å²) in [6.07, 6.45) is 0.132. The van der Waals surface area contributed by atoms with Crippen molar-refractivity contribution in [3.8, 4) is 5.75 Å². The number of aliphatic hydroxyl groups excluding tert-OH is 2. The molecule has 1 aromatic rings. The Morgan fingerprint density at radius 2 is 2.13 bits per heavy atom. The quantitative estimate of drug-likeness (QED) is 0.523. The highest BCUT2D eigenvalue weighted by Crippen LogP contribution is 2.34. The largest absolute Gasteiger partial charge is 0.489 e. The van der Waals surface area contributed by atoms with Gasteiger partial charge in [0, 0.05) is 12.6 Å². The van der Waals surface area contributed by atoms with Crippen molar-refractivity contribution >= 4 is 17.5 Å². The lowest BCUT2D eigenvalue weighted by Crippen LogP contribution is -2.47. The fourth-order valence-electron chi connectivity index (χ4n) is 2.41. The normalized spacial score (nSPS) is 16.7. The molecule has 2 amide bonds. The second kappa shape index (κ2) is 7.30. The van der Waals surface area contributed by atoms with Crippen LogP contribution in [0.2, 0.25) is 0 Å². The van der Waals surface area contributed by atoms with Crippen LogP contribution in [-0.2, 0) is 4.79 Å². The number of carbonyl (C=O) groups excluding carboxylic acids is 2. The minimum absolute atomic E-state index is 0.132. The lowest BCUT2D eigenvalue weighted by Gasteiger charge is -2.36. The zero-order valence-corrected chi connectivity index (χ0v) is 12.9. The van der Waals surface area contributed by atoms with Gasteiger partial charge < -0.3 is 30.9 Å². The number of anilines is 1. The second-order valence-electron chi connectivity index (χ2n) is 5.46. The summed E-state index contributed by atoms with van der Waals surface area (Å²) in [7, 11) is 1.81. The molecule has 0 saturated heterocycles. The summed E-state index contributed by atoms with van der Waals surface area (Å²) in [5.41, 5.74) is 6.34. The van der Waals surface area contributed by atoms with E-state index in [0.29, 0.717) is 23.6 Å². The number of benzene rings is 1. The van der Waals surface area contributed by atoms with Gasteiger partial charge in [-0.1, -0.05) is 0 Å². The third kappa shape index (κ3) is 3.91. The Bertz CT molecular complexity index is 588. The summed E-state index contributed by atoms with van der Waals surface area (Å²) in [4.78, 5) is 25.1. The average Bonchev–Trinajstić information content (AvgIpc) is 2.55. The van der Waals surface area contributed by atoms with E-state index >= 15 is 0 Å². The lowest BCUT2D eigenvalue weighted by molar-refractivity contribution is -0.123. The van der Waals surface area contributed by atoms with Crippen molar-refractivity contribution in [2.24, 2.45) is 5.73 Å². The Morgan fingerprint density at radius 1 is 1.43 bits per heavy atom. The number of fused-ring (bicyclic) bond motifs is 1. The molecule has 8 heteroatoms. The van der Waals surface area contributed by atoms with Gasteiger partial charge in [0.2, 0.25) is 11.8 Å². The number of likely N-dealkylation sites (N-methyl/N-ethyl adjacent to an activating group) is 1. The van der Waals surface area contributed by atoms with Crippen molar-refractivity contribution in [3.05, 3.63) is 23.8 Å². The van der Waals surface area contributed by atoms with Gasteiger partial charge in [0.25, 0.3) is 0 Å². The van der Waals surface area contributed by atoms with Crippen LogP contribution < -0.4 is 20.7 Å². The van der Waals surface area contributed by atoms with Gasteiger partial charge >= 0.3 is 0 Å². The number of primary amides is 1. The number of hydrogen-bond acceptors (Lipinski definition) is 6. The fourth-order valence-corrected chi connectivity index (χ4v) is 2.41. The molecule has 1 heterocycles. The summed E-state index contributed by atoms with van der Waals surface area (Å²) >= 11 is 0. The summed E-state index contributed by atoms with van der Waals surface area (Å²) in [5, 5.41) is 20.5. The van der Waals surface area contributed by atoms with Crippen LogP contribution in [-0.4, -0.2) is 61.0 Å². The van der Waals surface area contributed by atoms with E-state index in [2.05, 4.69) is 5.32 Å². The highest BCUT2D eigenvalue weighted by Gasteiger charge is 2.28. The predicted octanol–water partition coefficient (Wildman–Crippen LogP) is -1.16. The summed E-state index contributed by atoms with van der Waals surface area (Å²) in [5.74, 6) is -0.208. The highest BCUT2D eigenvalue weighted by atomic mass is 16.5. The van der Waals surface area contributed by atoms with E-state index in [0.717, 1.165) is 0 Å². The molecule has 23 heavy (non-hydrogen) atoms. The molecule has 5 N–H and O–H groups in total. The molecule has 2 rings (SSSR count). The molecule has 0 radical (unpaired) electrons. The number of amides is 2. The maximum absolute atomic E-state index is 12.0. The zero-order chi connectivity index (χ0) is 17.0.